The number of hydrogen-bond donors (Lipinski definition) is 0. The van der Waals surface area contributed by atoms with Gasteiger partial charge in [0.2, 0.25) is 0 Å². The fraction of sp³-hybridized carbons (Fsp3) is 0.667. The van der Waals surface area contributed by atoms with E-state index in [9.17, 15) is 4.39 Å². The van der Waals surface area contributed by atoms with Gasteiger partial charge in [0, 0.05) is 7.11 Å². The summed E-state index contributed by atoms with van der Waals surface area (Å²) in [7, 11) is 1.86. The maximum absolute atomic E-state index is 13.2. The lowest BCUT2D eigenvalue weighted by molar-refractivity contribution is -0.0526. The Hall–Kier alpha value is -1.40. The van der Waals surface area contributed by atoms with Crippen LogP contribution < -0.4 is 0 Å². The Morgan fingerprint density at radius 1 is 1.38 bits per heavy atom. The molecule has 3 aliphatic carbocycles. The van der Waals surface area contributed by atoms with Crippen molar-refractivity contribution in [3.8, 4) is 6.07 Å². The van der Waals surface area contributed by atoms with E-state index in [0.717, 1.165) is 18.3 Å². The number of nitrogens with zero attached hydrogens (tertiary/aromatic N) is 1. The summed E-state index contributed by atoms with van der Waals surface area (Å²) in [5.41, 5.74) is 1.77. The Bertz CT molecular complexity index is 614. The summed E-state index contributed by atoms with van der Waals surface area (Å²) in [5.74, 6) is 1.41. The Morgan fingerprint density at radius 2 is 2.17 bits per heavy atom. The van der Waals surface area contributed by atoms with Crippen molar-refractivity contribution in [3.63, 3.8) is 0 Å². The molecule has 3 saturated carbocycles. The molecule has 0 amide bonds. The Kier molecular flexibility index (Phi) is 4.97. The largest absolute Gasteiger partial charge is 0.381 e. The van der Waals surface area contributed by atoms with E-state index in [1.54, 1.807) is 6.08 Å². The minimum absolute atomic E-state index is 0.0468. The van der Waals surface area contributed by atoms with Gasteiger partial charge in [0.05, 0.1) is 11.7 Å². The smallest absolute Gasteiger partial charge is 0.133 e. The Balaban J connectivity index is 1.84. The van der Waals surface area contributed by atoms with Crippen molar-refractivity contribution in [2.24, 2.45) is 23.2 Å². The van der Waals surface area contributed by atoms with Gasteiger partial charge in [0.1, 0.15) is 11.9 Å². The minimum atomic E-state index is -0.642. The topological polar surface area (TPSA) is 33.0 Å². The second-order valence-electron chi connectivity index (χ2n) is 7.95. The summed E-state index contributed by atoms with van der Waals surface area (Å²) in [6, 6.07) is 1.90. The summed E-state index contributed by atoms with van der Waals surface area (Å²) in [4.78, 5) is 0. The lowest BCUT2D eigenvalue weighted by Gasteiger charge is -2.50. The summed E-state index contributed by atoms with van der Waals surface area (Å²) < 4.78 is 19.0. The maximum atomic E-state index is 13.2. The van der Waals surface area contributed by atoms with Crippen molar-refractivity contribution in [2.45, 2.75) is 58.0 Å². The highest BCUT2D eigenvalue weighted by Crippen LogP contribution is 2.60. The molecular formula is C21H28FNO. The molecule has 0 bridgehead atoms. The minimum Gasteiger partial charge on any atom is -0.381 e. The van der Waals surface area contributed by atoms with Crippen molar-refractivity contribution in [1.82, 2.24) is 0 Å². The van der Waals surface area contributed by atoms with Gasteiger partial charge in [0.25, 0.3) is 0 Å². The molecule has 0 spiro atoms. The summed E-state index contributed by atoms with van der Waals surface area (Å²) in [5, 5.41) is 9.01. The number of hydrogen-bond acceptors (Lipinski definition) is 2. The van der Waals surface area contributed by atoms with E-state index in [2.05, 4.69) is 13.5 Å². The molecule has 0 saturated heterocycles. The van der Waals surface area contributed by atoms with Crippen LogP contribution in [0.1, 0.15) is 51.9 Å². The lowest BCUT2D eigenvalue weighted by atomic mass is 9.55. The molecule has 24 heavy (non-hydrogen) atoms. The average molecular weight is 329 g/mol. The van der Waals surface area contributed by atoms with Crippen LogP contribution in [0.25, 0.3) is 0 Å². The molecule has 0 aromatic carbocycles. The molecule has 3 aliphatic rings. The number of rotatable bonds is 3. The standard InChI is InChI=1S/C21H28FNO/c1-14(22)16(13-23)8-7-15-5-4-6-18-17(15)11-12-21(2)19(18)9-10-20(21)24-3/h7-8,17-20H,1,4-6,9-12H2,2-3H3/b15-7+,16-8-/t17?,18?,19?,20-,21-/m0/s1. The first-order chi connectivity index (χ1) is 11.5. The number of fused-ring (bicyclic) bond motifs is 3. The van der Waals surface area contributed by atoms with Gasteiger partial charge >= 0.3 is 0 Å². The highest BCUT2D eigenvalue weighted by Gasteiger charge is 2.54. The van der Waals surface area contributed by atoms with Gasteiger partial charge in [-0.2, -0.15) is 5.26 Å². The maximum Gasteiger partial charge on any atom is 0.133 e. The second kappa shape index (κ2) is 6.84. The van der Waals surface area contributed by atoms with Crippen LogP contribution in [0.4, 0.5) is 4.39 Å². The number of allylic oxidation sites excluding steroid dienone is 5. The first-order valence-corrected chi connectivity index (χ1v) is 9.19. The SMILES string of the molecule is C=C(F)/C(C#N)=C\C=C1/CCCC2C1CC[C@@]1(C)C2CC[C@@H]1OC. The van der Waals surface area contributed by atoms with Gasteiger partial charge in [-0.05, 0) is 74.2 Å². The Morgan fingerprint density at radius 3 is 2.83 bits per heavy atom. The quantitative estimate of drug-likeness (QED) is 0.507. The molecule has 0 aromatic heterocycles. The van der Waals surface area contributed by atoms with Crippen LogP contribution >= 0.6 is 0 Å². The molecule has 3 heteroatoms. The third-order valence-corrected chi connectivity index (χ3v) is 6.99. The van der Waals surface area contributed by atoms with Crippen LogP contribution in [0.2, 0.25) is 0 Å². The van der Waals surface area contributed by atoms with Crippen LogP contribution in [0.15, 0.2) is 35.7 Å². The third kappa shape index (κ3) is 2.86. The number of halogens is 1. The predicted octanol–water partition coefficient (Wildman–Crippen LogP) is 5.49. The van der Waals surface area contributed by atoms with Crippen LogP contribution in [0, 0.1) is 34.5 Å². The van der Waals surface area contributed by atoms with Gasteiger partial charge < -0.3 is 4.74 Å². The summed E-state index contributed by atoms with van der Waals surface area (Å²) in [6.45, 7) is 5.67. The molecular weight excluding hydrogens is 301 g/mol. The van der Waals surface area contributed by atoms with Gasteiger partial charge in [-0.25, -0.2) is 4.39 Å². The summed E-state index contributed by atoms with van der Waals surface area (Å²) in [6.07, 6.45) is 12.4. The van der Waals surface area contributed by atoms with Crippen LogP contribution in [0.5, 0.6) is 0 Å². The van der Waals surface area contributed by atoms with E-state index >= 15 is 0 Å². The van der Waals surface area contributed by atoms with Gasteiger partial charge in [-0.3, -0.25) is 0 Å². The predicted molar refractivity (Wildman–Crippen MR) is 93.7 cm³/mol. The van der Waals surface area contributed by atoms with Gasteiger partial charge in [-0.15, -0.1) is 0 Å². The van der Waals surface area contributed by atoms with E-state index in [1.165, 1.54) is 44.1 Å². The highest BCUT2D eigenvalue weighted by molar-refractivity contribution is 5.40. The van der Waals surface area contributed by atoms with Crippen LogP contribution in [-0.4, -0.2) is 13.2 Å². The molecule has 0 heterocycles. The van der Waals surface area contributed by atoms with Crippen molar-refractivity contribution >= 4 is 0 Å². The molecule has 5 atom stereocenters. The molecule has 0 aromatic rings. The summed E-state index contributed by atoms with van der Waals surface area (Å²) >= 11 is 0. The molecule has 0 radical (unpaired) electrons. The van der Waals surface area contributed by atoms with Crippen molar-refractivity contribution in [2.75, 3.05) is 7.11 Å². The Labute approximate surface area is 145 Å². The average Bonchev–Trinajstić information content (AvgIpc) is 2.91. The number of ether oxygens (including phenoxy) is 1. The van der Waals surface area contributed by atoms with Gasteiger partial charge in [0.15, 0.2) is 0 Å². The van der Waals surface area contributed by atoms with E-state index in [-0.39, 0.29) is 5.57 Å². The van der Waals surface area contributed by atoms with E-state index in [0.29, 0.717) is 17.4 Å². The van der Waals surface area contributed by atoms with Crippen LogP contribution in [-0.2, 0) is 4.74 Å². The van der Waals surface area contributed by atoms with Crippen LogP contribution in [0.3, 0.4) is 0 Å². The monoisotopic (exact) mass is 329 g/mol. The van der Waals surface area contributed by atoms with Crippen molar-refractivity contribution in [1.29, 1.82) is 5.26 Å². The molecule has 130 valence electrons. The fourth-order valence-corrected chi connectivity index (χ4v) is 5.80. The second-order valence-corrected chi connectivity index (χ2v) is 7.95. The molecule has 2 nitrogen and oxygen atoms in total. The zero-order valence-corrected chi connectivity index (χ0v) is 14.9. The number of methoxy groups -OCH3 is 1. The van der Waals surface area contributed by atoms with Crippen molar-refractivity contribution in [3.05, 3.63) is 35.7 Å². The van der Waals surface area contributed by atoms with Gasteiger partial charge in [-0.1, -0.05) is 25.2 Å². The molecule has 0 aliphatic heterocycles. The van der Waals surface area contributed by atoms with E-state index in [4.69, 9.17) is 10.00 Å². The van der Waals surface area contributed by atoms with E-state index in [1.807, 2.05) is 19.3 Å². The zero-order chi connectivity index (χ0) is 17.3. The first-order valence-electron chi connectivity index (χ1n) is 9.19. The van der Waals surface area contributed by atoms with E-state index < -0.39 is 5.83 Å². The fourth-order valence-electron chi connectivity index (χ4n) is 5.80. The zero-order valence-electron chi connectivity index (χ0n) is 14.9. The number of nitriles is 1. The molecule has 3 rings (SSSR count). The van der Waals surface area contributed by atoms with Crippen molar-refractivity contribution < 1.29 is 9.13 Å². The highest BCUT2D eigenvalue weighted by atomic mass is 19.1. The molecule has 0 N–H and O–H groups in total. The molecule has 3 fully saturated rings. The normalized spacial score (nSPS) is 40.8. The first kappa shape index (κ1) is 17.4. The molecule has 3 unspecified atom stereocenters. The lowest BCUT2D eigenvalue weighted by Crippen LogP contribution is -2.45. The third-order valence-electron chi connectivity index (χ3n) is 6.99.